The Kier molecular flexibility index (Phi) is 6.94. The Balaban J connectivity index is 1.55. The van der Waals surface area contributed by atoms with Crippen LogP contribution in [0.3, 0.4) is 0 Å². The lowest BCUT2D eigenvalue weighted by Gasteiger charge is -2.19. The van der Waals surface area contributed by atoms with Crippen LogP contribution in [0.15, 0.2) is 54.6 Å². The number of hydrogen-bond donors (Lipinski definition) is 1. The molecule has 0 unspecified atom stereocenters. The van der Waals surface area contributed by atoms with Crippen molar-refractivity contribution in [3.8, 4) is 0 Å². The monoisotopic (exact) mass is 410 g/mol. The Morgan fingerprint density at radius 1 is 1.10 bits per heavy atom. The van der Waals surface area contributed by atoms with E-state index >= 15 is 0 Å². The molecular formula is C23H27ClN4O. The van der Waals surface area contributed by atoms with Crippen LogP contribution in [-0.4, -0.2) is 35.8 Å². The van der Waals surface area contributed by atoms with Crippen molar-refractivity contribution in [2.45, 2.75) is 26.8 Å². The molecule has 29 heavy (non-hydrogen) atoms. The maximum atomic E-state index is 12.6. The van der Waals surface area contributed by atoms with Crippen molar-refractivity contribution in [2.24, 2.45) is 0 Å². The highest BCUT2D eigenvalue weighted by Gasteiger charge is 2.20. The largest absolute Gasteiger partial charge is 0.375 e. The van der Waals surface area contributed by atoms with Crippen molar-refractivity contribution in [3.05, 3.63) is 82.1 Å². The zero-order valence-electron chi connectivity index (χ0n) is 17.2. The van der Waals surface area contributed by atoms with E-state index in [0.717, 1.165) is 24.2 Å². The van der Waals surface area contributed by atoms with Crippen molar-refractivity contribution in [2.75, 3.05) is 25.0 Å². The van der Waals surface area contributed by atoms with Crippen molar-refractivity contribution in [1.29, 1.82) is 0 Å². The second-order valence-electron chi connectivity index (χ2n) is 7.26. The number of nitrogens with one attached hydrogen (secondary N) is 1. The number of anilines is 1. The van der Waals surface area contributed by atoms with Crippen LogP contribution in [0.4, 0.5) is 5.69 Å². The highest BCUT2D eigenvalue weighted by atomic mass is 35.5. The van der Waals surface area contributed by atoms with Gasteiger partial charge in [0.15, 0.2) is 0 Å². The van der Waals surface area contributed by atoms with E-state index in [1.165, 1.54) is 5.56 Å². The van der Waals surface area contributed by atoms with Crippen LogP contribution in [-0.2, 0) is 6.54 Å². The molecule has 0 saturated carbocycles. The molecule has 0 spiro atoms. The number of hydrogen-bond acceptors (Lipinski definition) is 3. The third-order valence-corrected chi connectivity index (χ3v) is 5.28. The summed E-state index contributed by atoms with van der Waals surface area (Å²) in [5, 5.41) is 7.81. The molecule has 2 aromatic carbocycles. The molecule has 0 aliphatic carbocycles. The standard InChI is InChI=1S/C23H27ClN4O/c1-17-10-12-19(13-11-17)16-28-22(24)21(18(2)26-28)23(29)25-14-7-15-27(3)20-8-5-4-6-9-20/h4-6,8-13H,7,14-16H2,1-3H3,(H,25,29). The minimum absolute atomic E-state index is 0.176. The van der Waals surface area contributed by atoms with Crippen LogP contribution < -0.4 is 10.2 Å². The number of aromatic nitrogens is 2. The number of halogens is 1. The number of nitrogens with zero attached hydrogens (tertiary/aromatic N) is 3. The van der Waals surface area contributed by atoms with Crippen LogP contribution in [0, 0.1) is 13.8 Å². The number of carbonyl (C=O) groups excluding carboxylic acids is 1. The summed E-state index contributed by atoms with van der Waals surface area (Å²) in [6.07, 6.45) is 0.839. The first-order valence-corrected chi connectivity index (χ1v) is 10.2. The van der Waals surface area contributed by atoms with Gasteiger partial charge in [-0.05, 0) is 38.0 Å². The first kappa shape index (κ1) is 20.9. The van der Waals surface area contributed by atoms with E-state index in [4.69, 9.17) is 11.6 Å². The Morgan fingerprint density at radius 3 is 2.48 bits per heavy atom. The molecule has 3 aromatic rings. The molecule has 1 N–H and O–H groups in total. The lowest BCUT2D eigenvalue weighted by Crippen LogP contribution is -2.28. The summed E-state index contributed by atoms with van der Waals surface area (Å²) in [6.45, 7) is 5.83. The van der Waals surface area contributed by atoms with Gasteiger partial charge in [-0.2, -0.15) is 5.10 Å². The smallest absolute Gasteiger partial charge is 0.256 e. The van der Waals surface area contributed by atoms with Crippen molar-refractivity contribution in [1.82, 2.24) is 15.1 Å². The Morgan fingerprint density at radius 2 is 1.79 bits per heavy atom. The van der Waals surface area contributed by atoms with Crippen LogP contribution >= 0.6 is 11.6 Å². The van der Waals surface area contributed by atoms with Gasteiger partial charge in [0, 0.05) is 25.8 Å². The number of amides is 1. The number of rotatable bonds is 8. The predicted molar refractivity (Wildman–Crippen MR) is 119 cm³/mol. The summed E-state index contributed by atoms with van der Waals surface area (Å²) in [5.74, 6) is -0.176. The lowest BCUT2D eigenvalue weighted by atomic mass is 10.1. The van der Waals surface area contributed by atoms with Gasteiger partial charge >= 0.3 is 0 Å². The van der Waals surface area contributed by atoms with Crippen LogP contribution in [0.5, 0.6) is 0 Å². The van der Waals surface area contributed by atoms with Gasteiger partial charge in [0.1, 0.15) is 5.15 Å². The van der Waals surface area contributed by atoms with Crippen LogP contribution in [0.2, 0.25) is 5.15 Å². The van der Waals surface area contributed by atoms with E-state index in [1.807, 2.05) is 44.3 Å². The molecular weight excluding hydrogens is 384 g/mol. The predicted octanol–water partition coefficient (Wildman–Crippen LogP) is 4.46. The first-order chi connectivity index (χ1) is 14.0. The Labute approximate surface area is 177 Å². The van der Waals surface area contributed by atoms with Gasteiger partial charge in [0.05, 0.1) is 17.8 Å². The van der Waals surface area contributed by atoms with E-state index in [2.05, 4.69) is 46.5 Å². The summed E-state index contributed by atoms with van der Waals surface area (Å²) in [6, 6.07) is 18.4. The molecule has 0 fully saturated rings. The number of aryl methyl sites for hydroxylation is 2. The Bertz CT molecular complexity index is 951. The molecule has 1 aromatic heterocycles. The molecule has 0 bridgehead atoms. The molecule has 0 saturated heterocycles. The van der Waals surface area contributed by atoms with Gasteiger partial charge < -0.3 is 10.2 Å². The first-order valence-electron chi connectivity index (χ1n) is 9.78. The number of para-hydroxylation sites is 1. The van der Waals surface area contributed by atoms with E-state index in [0.29, 0.717) is 29.5 Å². The van der Waals surface area contributed by atoms with Gasteiger partial charge in [0.2, 0.25) is 0 Å². The topological polar surface area (TPSA) is 50.2 Å². The van der Waals surface area contributed by atoms with Gasteiger partial charge in [0.25, 0.3) is 5.91 Å². The molecule has 1 heterocycles. The molecule has 6 heteroatoms. The second kappa shape index (κ2) is 9.61. The van der Waals surface area contributed by atoms with Gasteiger partial charge in [-0.25, -0.2) is 4.68 Å². The molecule has 0 aliphatic rings. The summed E-state index contributed by atoms with van der Waals surface area (Å²) in [7, 11) is 2.05. The van der Waals surface area contributed by atoms with Crippen molar-refractivity contribution < 1.29 is 4.79 Å². The highest BCUT2D eigenvalue weighted by molar-refractivity contribution is 6.33. The van der Waals surface area contributed by atoms with Crippen molar-refractivity contribution >= 4 is 23.2 Å². The molecule has 1 amide bonds. The van der Waals surface area contributed by atoms with Crippen LogP contribution in [0.25, 0.3) is 0 Å². The fourth-order valence-corrected chi connectivity index (χ4v) is 3.52. The average Bonchev–Trinajstić information content (AvgIpc) is 3.00. The maximum Gasteiger partial charge on any atom is 0.256 e. The third kappa shape index (κ3) is 5.39. The Hall–Kier alpha value is -2.79. The molecule has 0 radical (unpaired) electrons. The van der Waals surface area contributed by atoms with Crippen LogP contribution in [0.1, 0.15) is 33.6 Å². The zero-order valence-corrected chi connectivity index (χ0v) is 17.9. The van der Waals surface area contributed by atoms with Gasteiger partial charge in [-0.3, -0.25) is 4.79 Å². The molecule has 152 valence electrons. The number of benzene rings is 2. The lowest BCUT2D eigenvalue weighted by molar-refractivity contribution is 0.0953. The van der Waals surface area contributed by atoms with Gasteiger partial charge in [-0.1, -0.05) is 59.6 Å². The third-order valence-electron chi connectivity index (χ3n) is 4.90. The fraction of sp³-hybridized carbons (Fsp3) is 0.304. The molecule has 5 nitrogen and oxygen atoms in total. The summed E-state index contributed by atoms with van der Waals surface area (Å²) >= 11 is 6.48. The average molecular weight is 411 g/mol. The molecule has 0 aliphatic heterocycles. The fourth-order valence-electron chi connectivity index (χ4n) is 3.20. The van der Waals surface area contributed by atoms with Gasteiger partial charge in [-0.15, -0.1) is 0 Å². The number of carbonyl (C=O) groups is 1. The maximum absolute atomic E-state index is 12.6. The van der Waals surface area contributed by atoms with E-state index in [-0.39, 0.29) is 5.91 Å². The minimum atomic E-state index is -0.176. The van der Waals surface area contributed by atoms with E-state index < -0.39 is 0 Å². The second-order valence-corrected chi connectivity index (χ2v) is 7.62. The SMILES string of the molecule is Cc1ccc(Cn2nc(C)c(C(=O)NCCCN(C)c3ccccc3)c2Cl)cc1. The summed E-state index contributed by atoms with van der Waals surface area (Å²) < 4.78 is 1.68. The highest BCUT2D eigenvalue weighted by Crippen LogP contribution is 2.21. The zero-order chi connectivity index (χ0) is 20.8. The summed E-state index contributed by atoms with van der Waals surface area (Å²) in [5.41, 5.74) is 4.55. The normalized spacial score (nSPS) is 10.8. The van der Waals surface area contributed by atoms with E-state index in [9.17, 15) is 4.79 Å². The quantitative estimate of drug-likeness (QED) is 0.558. The van der Waals surface area contributed by atoms with E-state index in [1.54, 1.807) is 4.68 Å². The molecule has 3 rings (SSSR count). The minimum Gasteiger partial charge on any atom is -0.375 e. The van der Waals surface area contributed by atoms with Crippen molar-refractivity contribution in [3.63, 3.8) is 0 Å². The summed E-state index contributed by atoms with van der Waals surface area (Å²) in [4.78, 5) is 14.8. The molecule has 0 atom stereocenters.